The molecule has 5 nitrogen and oxygen atoms in total. The first kappa shape index (κ1) is 11.4. The van der Waals surface area contributed by atoms with Gasteiger partial charge in [0.25, 0.3) is 0 Å². The second-order valence-corrected chi connectivity index (χ2v) is 4.01. The van der Waals surface area contributed by atoms with Crippen molar-refractivity contribution in [3.8, 4) is 0 Å². The number of nitrogens with one attached hydrogen (secondary N) is 2. The maximum Gasteiger partial charge on any atom is 0.229 e. The lowest BCUT2D eigenvalue weighted by molar-refractivity contribution is 1.17. The van der Waals surface area contributed by atoms with Crippen LogP contribution >= 0.6 is 0 Å². The summed E-state index contributed by atoms with van der Waals surface area (Å²) in [6.07, 6.45) is 5.64. The minimum Gasteiger partial charge on any atom is -0.325 e. The van der Waals surface area contributed by atoms with E-state index in [-0.39, 0.29) is 0 Å². The highest BCUT2D eigenvalue weighted by Gasteiger charge is 2.03. The van der Waals surface area contributed by atoms with Gasteiger partial charge in [0.05, 0.1) is 6.54 Å². The highest BCUT2D eigenvalue weighted by atomic mass is 15.2. The van der Waals surface area contributed by atoms with Gasteiger partial charge in [-0.25, -0.2) is 4.98 Å². The zero-order valence-electron chi connectivity index (χ0n) is 10.2. The maximum absolute atomic E-state index is 4.38. The van der Waals surface area contributed by atoms with Crippen molar-refractivity contribution in [1.82, 2.24) is 9.97 Å². The topological polar surface area (TPSA) is 62.2 Å². The maximum atomic E-state index is 4.38. The molecular weight excluding hydrogens is 238 g/mol. The Morgan fingerprint density at radius 1 is 1.00 bits per heavy atom. The molecule has 3 rings (SSSR count). The summed E-state index contributed by atoms with van der Waals surface area (Å²) in [4.78, 5) is 12.8. The molecule has 2 N–H and O–H groups in total. The summed E-state index contributed by atoms with van der Waals surface area (Å²) in [5.41, 5.74) is 0.956. The fourth-order valence-corrected chi connectivity index (χ4v) is 1.72. The van der Waals surface area contributed by atoms with Crippen molar-refractivity contribution in [3.63, 3.8) is 0 Å². The Hall–Kier alpha value is -2.69. The van der Waals surface area contributed by atoms with Crippen LogP contribution in [0.25, 0.3) is 0 Å². The normalized spacial score (nSPS) is 13.2. The molecule has 1 aromatic carbocycles. The molecule has 0 saturated heterocycles. The first-order valence-corrected chi connectivity index (χ1v) is 6.03. The molecule has 2 aromatic rings. The Bertz CT molecular complexity index is 619. The Morgan fingerprint density at radius 2 is 1.89 bits per heavy atom. The minimum absolute atomic E-state index is 0.554. The van der Waals surface area contributed by atoms with Crippen LogP contribution in [0.3, 0.4) is 0 Å². The van der Waals surface area contributed by atoms with E-state index in [1.165, 1.54) is 0 Å². The predicted molar refractivity (Wildman–Crippen MR) is 76.8 cm³/mol. The monoisotopic (exact) mass is 251 g/mol. The van der Waals surface area contributed by atoms with E-state index in [0.717, 1.165) is 23.9 Å². The van der Waals surface area contributed by atoms with Gasteiger partial charge in [-0.3, -0.25) is 4.99 Å². The molecule has 0 unspecified atom stereocenters. The smallest absolute Gasteiger partial charge is 0.229 e. The second kappa shape index (κ2) is 5.30. The van der Waals surface area contributed by atoms with Crippen molar-refractivity contribution in [2.75, 3.05) is 17.2 Å². The standard InChI is InChI=1S/C14H13N5/c1-2-5-11(6-3-1)17-14-16-10-8-13(19-14)18-12-7-4-9-15-12/h1-8,10H,9H2,(H2,15,16,17,18,19). The minimum atomic E-state index is 0.554. The molecule has 0 fully saturated rings. The molecule has 2 heterocycles. The molecule has 0 aliphatic carbocycles. The number of para-hydroxylation sites is 1. The number of aliphatic imine (C=N–C) groups is 1. The fraction of sp³-hybridized carbons (Fsp3) is 0.0714. The molecule has 0 spiro atoms. The lowest BCUT2D eigenvalue weighted by Crippen LogP contribution is -2.09. The summed E-state index contributed by atoms with van der Waals surface area (Å²) >= 11 is 0. The number of aromatic nitrogens is 2. The highest BCUT2D eigenvalue weighted by molar-refractivity contribution is 6.04. The summed E-state index contributed by atoms with van der Waals surface area (Å²) in [6.45, 7) is 0.725. The molecule has 0 amide bonds. The van der Waals surface area contributed by atoms with Crippen LogP contribution in [0, 0.1) is 0 Å². The van der Waals surface area contributed by atoms with E-state index < -0.39 is 0 Å². The van der Waals surface area contributed by atoms with E-state index in [1.807, 2.05) is 48.6 Å². The van der Waals surface area contributed by atoms with Gasteiger partial charge in [0.1, 0.15) is 11.7 Å². The van der Waals surface area contributed by atoms with Crippen molar-refractivity contribution in [2.45, 2.75) is 0 Å². The van der Waals surface area contributed by atoms with Crippen LogP contribution in [0.2, 0.25) is 0 Å². The van der Waals surface area contributed by atoms with Gasteiger partial charge in [-0.2, -0.15) is 4.98 Å². The summed E-state index contributed by atoms with van der Waals surface area (Å²) in [5.74, 6) is 2.10. The number of nitrogens with zero attached hydrogens (tertiary/aromatic N) is 3. The third kappa shape index (κ3) is 2.95. The van der Waals surface area contributed by atoms with E-state index in [4.69, 9.17) is 0 Å². The lowest BCUT2D eigenvalue weighted by Gasteiger charge is -2.07. The number of hydrogen-bond acceptors (Lipinski definition) is 5. The van der Waals surface area contributed by atoms with Crippen LogP contribution in [0.1, 0.15) is 0 Å². The third-order valence-electron chi connectivity index (χ3n) is 2.58. The Morgan fingerprint density at radius 3 is 2.68 bits per heavy atom. The van der Waals surface area contributed by atoms with Gasteiger partial charge >= 0.3 is 0 Å². The molecule has 0 bridgehead atoms. The number of amidine groups is 1. The van der Waals surface area contributed by atoms with Gasteiger partial charge in [-0.05, 0) is 24.3 Å². The van der Waals surface area contributed by atoms with E-state index in [2.05, 4.69) is 25.6 Å². The third-order valence-corrected chi connectivity index (χ3v) is 2.58. The largest absolute Gasteiger partial charge is 0.325 e. The van der Waals surface area contributed by atoms with Gasteiger partial charge < -0.3 is 10.6 Å². The zero-order chi connectivity index (χ0) is 12.9. The first-order chi connectivity index (χ1) is 9.40. The SMILES string of the molecule is C1=CC(Nc2ccnc(Nc3ccccc3)n2)=NC1. The fourth-order valence-electron chi connectivity index (χ4n) is 1.72. The first-order valence-electron chi connectivity index (χ1n) is 6.03. The van der Waals surface area contributed by atoms with Gasteiger partial charge in [0.15, 0.2) is 0 Å². The second-order valence-electron chi connectivity index (χ2n) is 4.01. The van der Waals surface area contributed by atoms with E-state index >= 15 is 0 Å². The Labute approximate surface area is 111 Å². The molecule has 1 aliphatic rings. The molecule has 1 aliphatic heterocycles. The molecule has 19 heavy (non-hydrogen) atoms. The summed E-state index contributed by atoms with van der Waals surface area (Å²) < 4.78 is 0. The molecule has 1 aromatic heterocycles. The van der Waals surface area contributed by atoms with Crippen molar-refractivity contribution < 1.29 is 0 Å². The molecular formula is C14H13N5. The molecule has 0 atom stereocenters. The van der Waals surface area contributed by atoms with E-state index in [9.17, 15) is 0 Å². The van der Waals surface area contributed by atoms with Crippen LogP contribution in [0.4, 0.5) is 17.5 Å². The van der Waals surface area contributed by atoms with Crippen molar-refractivity contribution in [3.05, 3.63) is 54.7 Å². The van der Waals surface area contributed by atoms with Crippen LogP contribution in [0.15, 0.2) is 59.7 Å². The quantitative estimate of drug-likeness (QED) is 0.880. The zero-order valence-corrected chi connectivity index (χ0v) is 10.2. The van der Waals surface area contributed by atoms with Crippen LogP contribution < -0.4 is 10.6 Å². The van der Waals surface area contributed by atoms with Gasteiger partial charge in [0, 0.05) is 11.9 Å². The molecule has 0 saturated carbocycles. The van der Waals surface area contributed by atoms with Gasteiger partial charge in [-0.15, -0.1) is 0 Å². The molecule has 94 valence electrons. The van der Waals surface area contributed by atoms with Crippen molar-refractivity contribution in [2.24, 2.45) is 4.99 Å². The summed E-state index contributed by atoms with van der Waals surface area (Å²) in [7, 11) is 0. The van der Waals surface area contributed by atoms with Crippen molar-refractivity contribution in [1.29, 1.82) is 0 Å². The van der Waals surface area contributed by atoms with E-state index in [0.29, 0.717) is 5.95 Å². The number of benzene rings is 1. The Kier molecular flexibility index (Phi) is 3.18. The Balaban J connectivity index is 1.74. The average molecular weight is 251 g/mol. The summed E-state index contributed by atoms with van der Waals surface area (Å²) in [6, 6.07) is 11.6. The van der Waals surface area contributed by atoms with Gasteiger partial charge in [0.2, 0.25) is 5.95 Å². The van der Waals surface area contributed by atoms with Crippen LogP contribution in [-0.2, 0) is 0 Å². The number of hydrogen-bond donors (Lipinski definition) is 2. The average Bonchev–Trinajstić information content (AvgIpc) is 2.93. The van der Waals surface area contributed by atoms with Crippen LogP contribution in [0.5, 0.6) is 0 Å². The molecule has 0 radical (unpaired) electrons. The number of anilines is 3. The van der Waals surface area contributed by atoms with Crippen LogP contribution in [-0.4, -0.2) is 22.3 Å². The lowest BCUT2D eigenvalue weighted by atomic mass is 10.3. The van der Waals surface area contributed by atoms with Crippen molar-refractivity contribution >= 4 is 23.3 Å². The molecule has 5 heteroatoms. The highest BCUT2D eigenvalue weighted by Crippen LogP contribution is 2.13. The summed E-state index contributed by atoms with van der Waals surface area (Å²) in [5, 5.41) is 6.29. The van der Waals surface area contributed by atoms with Gasteiger partial charge in [-0.1, -0.05) is 24.3 Å². The number of rotatable bonds is 3. The van der Waals surface area contributed by atoms with E-state index in [1.54, 1.807) is 6.20 Å². The predicted octanol–water partition coefficient (Wildman–Crippen LogP) is 2.60.